The maximum Gasteiger partial charge on any atom is 0.332 e. The predicted molar refractivity (Wildman–Crippen MR) is 116 cm³/mol. The molecule has 1 spiro atoms. The zero-order chi connectivity index (χ0) is 22.0. The summed E-state index contributed by atoms with van der Waals surface area (Å²) in [6.45, 7) is 3.32. The topological polar surface area (TPSA) is 115 Å². The van der Waals surface area contributed by atoms with Crippen LogP contribution in [0.25, 0.3) is 11.5 Å². The minimum atomic E-state index is -0.963. The van der Waals surface area contributed by atoms with Crippen LogP contribution in [-0.2, 0) is 27.2 Å². The van der Waals surface area contributed by atoms with Crippen LogP contribution < -0.4 is 5.32 Å². The number of rotatable bonds is 4. The molecule has 2 bridgehead atoms. The number of anilines is 1. The second-order valence-electron chi connectivity index (χ2n) is 9.66. The van der Waals surface area contributed by atoms with Crippen molar-refractivity contribution in [3.8, 4) is 11.5 Å². The lowest BCUT2D eigenvalue weighted by atomic mass is 9.66. The zero-order valence-corrected chi connectivity index (χ0v) is 18.7. The summed E-state index contributed by atoms with van der Waals surface area (Å²) in [7, 11) is 0. The summed E-state index contributed by atoms with van der Waals surface area (Å²) in [6.07, 6.45) is 6.28. The standard InChI is InChI=1S/C23H25N3O5S/c1-11-24-20(31-26-11)18-14-6-7-23(9-30-10-23)8-15(14)32-21(18)25-19(27)16-12-2-4-13(5-3-12)17(16)22(28)29/h12-13H,2-10H2,1H3,(H,25,27)(H,28,29). The van der Waals surface area contributed by atoms with Gasteiger partial charge in [0, 0.05) is 21.4 Å². The fourth-order valence-corrected chi connectivity index (χ4v) is 7.38. The fourth-order valence-electron chi connectivity index (χ4n) is 5.97. The molecule has 168 valence electrons. The third-order valence-electron chi connectivity index (χ3n) is 7.63. The van der Waals surface area contributed by atoms with E-state index in [-0.39, 0.29) is 23.2 Å². The first-order valence-corrected chi connectivity index (χ1v) is 12.1. The van der Waals surface area contributed by atoms with Crippen LogP contribution in [0.15, 0.2) is 15.7 Å². The van der Waals surface area contributed by atoms with Crippen molar-refractivity contribution >= 4 is 28.2 Å². The molecule has 1 amide bonds. The van der Waals surface area contributed by atoms with Crippen molar-refractivity contribution in [1.29, 1.82) is 0 Å². The lowest BCUT2D eigenvalue weighted by Gasteiger charge is -2.44. The number of aromatic nitrogens is 2. The summed E-state index contributed by atoms with van der Waals surface area (Å²) in [5.74, 6) is -0.313. The van der Waals surface area contributed by atoms with Crippen molar-refractivity contribution in [2.45, 2.75) is 51.9 Å². The maximum atomic E-state index is 13.5. The first-order chi connectivity index (χ1) is 15.4. The highest BCUT2D eigenvalue weighted by Gasteiger charge is 2.44. The monoisotopic (exact) mass is 455 g/mol. The number of thiophene rings is 1. The van der Waals surface area contributed by atoms with E-state index in [0.717, 1.165) is 69.3 Å². The first kappa shape index (κ1) is 20.1. The lowest BCUT2D eigenvalue weighted by Crippen LogP contribution is -2.46. The van der Waals surface area contributed by atoms with Crippen LogP contribution >= 0.6 is 11.3 Å². The Balaban J connectivity index is 1.40. The van der Waals surface area contributed by atoms with Gasteiger partial charge in [0.15, 0.2) is 5.82 Å². The minimum Gasteiger partial charge on any atom is -0.478 e. The second-order valence-corrected chi connectivity index (χ2v) is 10.8. The summed E-state index contributed by atoms with van der Waals surface area (Å²) in [6, 6.07) is 0. The smallest absolute Gasteiger partial charge is 0.332 e. The molecule has 32 heavy (non-hydrogen) atoms. The maximum absolute atomic E-state index is 13.5. The molecule has 5 aliphatic rings. The molecule has 7 rings (SSSR count). The molecule has 1 saturated heterocycles. The number of carboxylic acid groups (broad SMARTS) is 1. The van der Waals surface area contributed by atoms with Crippen LogP contribution in [0.1, 0.15) is 48.4 Å². The fraction of sp³-hybridized carbons (Fsp3) is 0.565. The Kier molecular flexibility index (Phi) is 4.55. The molecule has 0 atom stereocenters. The minimum absolute atomic E-state index is 0.0187. The van der Waals surface area contributed by atoms with Gasteiger partial charge in [0.2, 0.25) is 0 Å². The first-order valence-electron chi connectivity index (χ1n) is 11.3. The number of carbonyl (C=O) groups excluding carboxylic acids is 1. The van der Waals surface area contributed by atoms with E-state index in [4.69, 9.17) is 9.26 Å². The van der Waals surface area contributed by atoms with E-state index in [1.165, 1.54) is 4.88 Å². The summed E-state index contributed by atoms with van der Waals surface area (Å²) < 4.78 is 11.0. The Morgan fingerprint density at radius 3 is 2.47 bits per heavy atom. The van der Waals surface area contributed by atoms with E-state index >= 15 is 0 Å². The lowest BCUT2D eigenvalue weighted by molar-refractivity contribution is -0.134. The summed E-state index contributed by atoms with van der Waals surface area (Å²) >= 11 is 1.55. The quantitative estimate of drug-likeness (QED) is 0.721. The molecule has 0 aromatic carbocycles. The van der Waals surface area contributed by atoms with Gasteiger partial charge in [0.1, 0.15) is 5.00 Å². The van der Waals surface area contributed by atoms with Gasteiger partial charge in [-0.2, -0.15) is 4.98 Å². The van der Waals surface area contributed by atoms with Crippen LogP contribution in [0.3, 0.4) is 0 Å². The number of hydrogen-bond donors (Lipinski definition) is 2. The number of ether oxygens (including phenoxy) is 1. The van der Waals surface area contributed by atoms with Gasteiger partial charge in [-0.1, -0.05) is 5.16 Å². The van der Waals surface area contributed by atoms with E-state index in [1.54, 1.807) is 18.3 Å². The third-order valence-corrected chi connectivity index (χ3v) is 8.77. The Labute approximate surface area is 189 Å². The molecule has 2 N–H and O–H groups in total. The van der Waals surface area contributed by atoms with Crippen LogP contribution in [0.2, 0.25) is 0 Å². The average molecular weight is 456 g/mol. The number of amides is 1. The van der Waals surface area contributed by atoms with Crippen LogP contribution in [0, 0.1) is 24.2 Å². The number of nitrogens with zero attached hydrogens (tertiary/aromatic N) is 2. The molecular weight excluding hydrogens is 430 g/mol. The Morgan fingerprint density at radius 1 is 1.16 bits per heavy atom. The van der Waals surface area contributed by atoms with Gasteiger partial charge in [0.25, 0.3) is 11.8 Å². The molecular formula is C23H25N3O5S. The van der Waals surface area contributed by atoms with Crippen molar-refractivity contribution < 1.29 is 24.0 Å². The van der Waals surface area contributed by atoms with Gasteiger partial charge in [-0.15, -0.1) is 11.3 Å². The van der Waals surface area contributed by atoms with E-state index in [1.807, 2.05) is 0 Å². The molecule has 8 nitrogen and oxygen atoms in total. The van der Waals surface area contributed by atoms with Gasteiger partial charge in [0.05, 0.1) is 18.8 Å². The van der Waals surface area contributed by atoms with Crippen LogP contribution in [0.4, 0.5) is 5.00 Å². The Morgan fingerprint density at radius 2 is 1.88 bits per heavy atom. The van der Waals surface area contributed by atoms with Crippen molar-refractivity contribution in [3.05, 3.63) is 27.4 Å². The van der Waals surface area contributed by atoms with E-state index in [9.17, 15) is 14.7 Å². The molecule has 2 aromatic rings. The molecule has 2 aromatic heterocycles. The SMILES string of the molecule is Cc1noc(-c2c(NC(=O)C3=C(C(=O)O)C4CCC3CC4)sc3c2CCC2(COC2)C3)n1. The molecule has 4 aliphatic carbocycles. The average Bonchev–Trinajstić information content (AvgIpc) is 3.34. The van der Waals surface area contributed by atoms with Crippen molar-refractivity contribution in [2.75, 3.05) is 18.5 Å². The highest BCUT2D eigenvalue weighted by molar-refractivity contribution is 7.17. The highest BCUT2D eigenvalue weighted by Crippen LogP contribution is 2.51. The summed E-state index contributed by atoms with van der Waals surface area (Å²) in [4.78, 5) is 31.1. The second kappa shape index (κ2) is 7.25. The molecule has 9 heteroatoms. The van der Waals surface area contributed by atoms with E-state index < -0.39 is 5.97 Å². The summed E-state index contributed by atoms with van der Waals surface area (Å²) in [5, 5.41) is 17.5. The number of fused-ring (bicyclic) bond motifs is 3. The Hall–Kier alpha value is -2.52. The molecule has 1 saturated carbocycles. The number of nitrogens with one attached hydrogen (secondary N) is 1. The van der Waals surface area contributed by atoms with Crippen LogP contribution in [-0.4, -0.2) is 40.3 Å². The van der Waals surface area contributed by atoms with Gasteiger partial charge >= 0.3 is 5.97 Å². The zero-order valence-electron chi connectivity index (χ0n) is 17.9. The number of carboxylic acids is 1. The van der Waals surface area contributed by atoms with Gasteiger partial charge in [-0.3, -0.25) is 4.79 Å². The molecule has 0 radical (unpaired) electrons. The number of carbonyl (C=O) groups is 2. The molecule has 2 fully saturated rings. The van der Waals surface area contributed by atoms with Crippen LogP contribution in [0.5, 0.6) is 0 Å². The van der Waals surface area contributed by atoms with Gasteiger partial charge in [-0.05, 0) is 69.3 Å². The van der Waals surface area contributed by atoms with Gasteiger partial charge in [-0.25, -0.2) is 4.79 Å². The molecule has 1 aliphatic heterocycles. The predicted octanol–water partition coefficient (Wildman–Crippen LogP) is 3.75. The van der Waals surface area contributed by atoms with E-state index in [0.29, 0.717) is 27.9 Å². The van der Waals surface area contributed by atoms with E-state index in [2.05, 4.69) is 15.5 Å². The number of aliphatic carboxylic acids is 1. The molecule has 3 heterocycles. The van der Waals surface area contributed by atoms with Crippen molar-refractivity contribution in [2.24, 2.45) is 17.3 Å². The van der Waals surface area contributed by atoms with Gasteiger partial charge < -0.3 is 19.7 Å². The molecule has 0 unspecified atom stereocenters. The largest absolute Gasteiger partial charge is 0.478 e. The van der Waals surface area contributed by atoms with Crippen molar-refractivity contribution in [1.82, 2.24) is 10.1 Å². The highest BCUT2D eigenvalue weighted by atomic mass is 32.1. The Bertz CT molecular complexity index is 1150. The third kappa shape index (κ3) is 3.05. The number of hydrogen-bond acceptors (Lipinski definition) is 7. The van der Waals surface area contributed by atoms with Crippen molar-refractivity contribution in [3.63, 3.8) is 0 Å². The normalized spacial score (nSPS) is 25.5. The number of aryl methyl sites for hydroxylation is 1. The summed E-state index contributed by atoms with van der Waals surface area (Å²) in [5.41, 5.74) is 2.93.